The van der Waals surface area contributed by atoms with Gasteiger partial charge < -0.3 is 0 Å². The van der Waals surface area contributed by atoms with Crippen LogP contribution in [-0.2, 0) is 0 Å². The summed E-state index contributed by atoms with van der Waals surface area (Å²) in [4.78, 5) is 0. The highest BCUT2D eigenvalue weighted by Crippen LogP contribution is 2.41. The average molecular weight is 202 g/mol. The highest BCUT2D eigenvalue weighted by molar-refractivity contribution is 8.01. The van der Waals surface area contributed by atoms with E-state index in [1.807, 2.05) is 23.9 Å². The molecular weight excluding hydrogens is 188 g/mol. The van der Waals surface area contributed by atoms with Crippen LogP contribution in [0, 0.1) is 0 Å². The van der Waals surface area contributed by atoms with Crippen molar-refractivity contribution in [2.45, 2.75) is 17.4 Å². The summed E-state index contributed by atoms with van der Waals surface area (Å²) in [5, 5.41) is 1.16. The molecule has 2 aliphatic rings. The summed E-state index contributed by atoms with van der Waals surface area (Å²) in [6.07, 6.45) is 14.8. The molecule has 0 radical (unpaired) electrons. The fraction of sp³-hybridized carbons (Fsp3) is 0.231. The van der Waals surface area contributed by atoms with Gasteiger partial charge in [-0.1, -0.05) is 49.1 Å². The summed E-state index contributed by atoms with van der Waals surface area (Å²) >= 11 is 2.01. The molecule has 1 heterocycles. The molecule has 0 spiro atoms. The van der Waals surface area contributed by atoms with E-state index in [0.717, 1.165) is 0 Å². The van der Waals surface area contributed by atoms with Gasteiger partial charge in [0.25, 0.3) is 0 Å². The van der Waals surface area contributed by atoms with E-state index in [9.17, 15) is 0 Å². The Labute approximate surface area is 89.8 Å². The maximum absolute atomic E-state index is 3.70. The molecule has 0 amide bonds. The van der Waals surface area contributed by atoms with Gasteiger partial charge in [0, 0.05) is 10.5 Å². The number of thioether (sulfide) groups is 1. The van der Waals surface area contributed by atoms with E-state index in [1.165, 1.54) is 11.1 Å². The van der Waals surface area contributed by atoms with Gasteiger partial charge >= 0.3 is 0 Å². The maximum atomic E-state index is 3.70. The zero-order valence-electron chi connectivity index (χ0n) is 8.31. The molecule has 0 saturated heterocycles. The van der Waals surface area contributed by atoms with Crippen LogP contribution in [0.1, 0.15) is 6.92 Å². The van der Waals surface area contributed by atoms with Crippen molar-refractivity contribution in [2.24, 2.45) is 0 Å². The van der Waals surface area contributed by atoms with Crippen molar-refractivity contribution in [3.63, 3.8) is 0 Å². The largest absolute Gasteiger partial charge is 0.142 e. The van der Waals surface area contributed by atoms with E-state index in [1.54, 1.807) is 0 Å². The Morgan fingerprint density at radius 1 is 1.43 bits per heavy atom. The first kappa shape index (κ1) is 9.60. The minimum atomic E-state index is 0.569. The quantitative estimate of drug-likeness (QED) is 0.616. The van der Waals surface area contributed by atoms with Gasteiger partial charge in [-0.05, 0) is 18.1 Å². The van der Waals surface area contributed by atoms with Gasteiger partial charge in [-0.15, -0.1) is 11.8 Å². The van der Waals surface area contributed by atoms with E-state index in [0.29, 0.717) is 10.5 Å². The Hall–Kier alpha value is -0.950. The smallest absolute Gasteiger partial charge is 0.0489 e. The van der Waals surface area contributed by atoms with E-state index >= 15 is 0 Å². The number of fused-ring (bicyclic) bond motifs is 1. The topological polar surface area (TPSA) is 0 Å². The molecule has 0 bridgehead atoms. The lowest BCUT2D eigenvalue weighted by Crippen LogP contribution is -1.98. The molecule has 0 N–H and O–H groups in total. The minimum absolute atomic E-state index is 0.569. The van der Waals surface area contributed by atoms with Gasteiger partial charge in [0.2, 0.25) is 0 Å². The van der Waals surface area contributed by atoms with Gasteiger partial charge in [0.15, 0.2) is 0 Å². The first-order valence-corrected chi connectivity index (χ1v) is 5.80. The van der Waals surface area contributed by atoms with Crippen LogP contribution < -0.4 is 0 Å². The molecule has 0 saturated carbocycles. The predicted octanol–water partition coefficient (Wildman–Crippen LogP) is 3.66. The lowest BCUT2D eigenvalue weighted by Gasteiger charge is -2.08. The van der Waals surface area contributed by atoms with Crippen molar-refractivity contribution in [3.8, 4) is 0 Å². The Balaban J connectivity index is 2.35. The molecule has 0 fully saturated rings. The summed E-state index contributed by atoms with van der Waals surface area (Å²) < 4.78 is 0. The second-order valence-corrected chi connectivity index (χ2v) is 4.94. The number of hydrogen-bond donors (Lipinski definition) is 0. The predicted molar refractivity (Wildman–Crippen MR) is 65.5 cm³/mol. The third kappa shape index (κ3) is 1.64. The molecule has 0 nitrogen and oxygen atoms in total. The molecule has 72 valence electrons. The molecule has 14 heavy (non-hydrogen) atoms. The third-order valence-electron chi connectivity index (χ3n) is 2.51. The van der Waals surface area contributed by atoms with Crippen LogP contribution in [-0.4, -0.2) is 10.5 Å². The normalized spacial score (nSPS) is 30.1. The lowest BCUT2D eigenvalue weighted by molar-refractivity contribution is 1.17. The van der Waals surface area contributed by atoms with Crippen molar-refractivity contribution in [2.75, 3.05) is 0 Å². The number of hydrogen-bond acceptors (Lipinski definition) is 1. The van der Waals surface area contributed by atoms with Crippen LogP contribution in [0.25, 0.3) is 0 Å². The second-order valence-electron chi connectivity index (χ2n) is 3.45. The van der Waals surface area contributed by atoms with E-state index in [-0.39, 0.29) is 0 Å². The van der Waals surface area contributed by atoms with Gasteiger partial charge in [0.1, 0.15) is 0 Å². The highest BCUT2D eigenvalue weighted by Gasteiger charge is 2.27. The van der Waals surface area contributed by atoms with Crippen molar-refractivity contribution in [1.29, 1.82) is 0 Å². The molecule has 1 aliphatic heterocycles. The Kier molecular flexibility index (Phi) is 2.78. The van der Waals surface area contributed by atoms with E-state index in [2.05, 4.69) is 43.9 Å². The molecule has 2 atom stereocenters. The second kappa shape index (κ2) is 4.05. The van der Waals surface area contributed by atoms with Gasteiger partial charge in [-0.25, -0.2) is 0 Å². The molecule has 0 aromatic heterocycles. The first-order chi connectivity index (χ1) is 6.83. The average Bonchev–Trinajstić information content (AvgIpc) is 2.51. The molecule has 1 heteroatoms. The van der Waals surface area contributed by atoms with Gasteiger partial charge in [0.05, 0.1) is 0 Å². The highest BCUT2D eigenvalue weighted by atomic mass is 32.2. The Morgan fingerprint density at radius 3 is 3.07 bits per heavy atom. The molecule has 2 unspecified atom stereocenters. The molecule has 0 aromatic carbocycles. The summed E-state index contributed by atoms with van der Waals surface area (Å²) in [5.74, 6) is 0. The zero-order chi connectivity index (χ0) is 9.97. The van der Waals surface area contributed by atoms with Crippen LogP contribution in [0.4, 0.5) is 0 Å². The van der Waals surface area contributed by atoms with Crippen molar-refractivity contribution >= 4 is 11.8 Å². The van der Waals surface area contributed by atoms with E-state index in [4.69, 9.17) is 0 Å². The monoisotopic (exact) mass is 202 g/mol. The molecular formula is C13H14S. The summed E-state index contributed by atoms with van der Waals surface area (Å²) in [7, 11) is 0. The SMILES string of the molecule is C=C/C=C\C1=C2C=CC=CC2SC1C. The Morgan fingerprint density at radius 2 is 2.29 bits per heavy atom. The summed E-state index contributed by atoms with van der Waals surface area (Å²) in [6.45, 7) is 5.97. The fourth-order valence-electron chi connectivity index (χ4n) is 1.83. The van der Waals surface area contributed by atoms with Crippen molar-refractivity contribution in [3.05, 3.63) is 60.3 Å². The van der Waals surface area contributed by atoms with E-state index < -0.39 is 0 Å². The van der Waals surface area contributed by atoms with Crippen molar-refractivity contribution < 1.29 is 0 Å². The van der Waals surface area contributed by atoms with Gasteiger partial charge in [-0.3, -0.25) is 0 Å². The van der Waals surface area contributed by atoms with Crippen LogP contribution in [0.5, 0.6) is 0 Å². The lowest BCUT2D eigenvalue weighted by atomic mass is 9.99. The first-order valence-electron chi connectivity index (χ1n) is 4.86. The van der Waals surface area contributed by atoms with Crippen LogP contribution in [0.15, 0.2) is 60.3 Å². The van der Waals surface area contributed by atoms with Crippen molar-refractivity contribution in [1.82, 2.24) is 0 Å². The third-order valence-corrected chi connectivity index (χ3v) is 3.88. The minimum Gasteiger partial charge on any atom is -0.142 e. The standard InChI is InChI=1S/C13H14S/c1-3-4-7-11-10(2)14-13-9-6-5-8-12(11)13/h3-10,13H,1H2,2H3/b7-4-. The zero-order valence-corrected chi connectivity index (χ0v) is 9.13. The van der Waals surface area contributed by atoms with Crippen LogP contribution in [0.2, 0.25) is 0 Å². The van der Waals surface area contributed by atoms with Crippen LogP contribution in [0.3, 0.4) is 0 Å². The Bertz CT molecular complexity index is 355. The molecule has 2 rings (SSSR count). The number of allylic oxidation sites excluding steroid dienone is 6. The van der Waals surface area contributed by atoms with Gasteiger partial charge in [-0.2, -0.15) is 0 Å². The fourth-order valence-corrected chi connectivity index (χ4v) is 3.18. The maximum Gasteiger partial charge on any atom is 0.0489 e. The molecule has 0 aromatic rings. The molecule has 1 aliphatic carbocycles. The van der Waals surface area contributed by atoms with Crippen LogP contribution >= 0.6 is 11.8 Å². The summed E-state index contributed by atoms with van der Waals surface area (Å²) in [6, 6.07) is 0. The summed E-state index contributed by atoms with van der Waals surface area (Å²) in [5.41, 5.74) is 2.91. The number of rotatable bonds is 2.